The lowest BCUT2D eigenvalue weighted by Gasteiger charge is -2.24. The number of nitrogens with zero attached hydrogens (tertiary/aromatic N) is 1. The molecule has 0 saturated carbocycles. The van der Waals surface area contributed by atoms with Gasteiger partial charge in [0.05, 0.1) is 18.7 Å². The second kappa shape index (κ2) is 7.35. The first-order valence-electron chi connectivity index (χ1n) is 5.89. The van der Waals surface area contributed by atoms with Crippen molar-refractivity contribution in [2.45, 2.75) is 19.0 Å². The largest absolute Gasteiger partial charge is 0.394 e. The van der Waals surface area contributed by atoms with Crippen LogP contribution in [0.5, 0.6) is 0 Å². The van der Waals surface area contributed by atoms with Crippen molar-refractivity contribution >= 4 is 17.4 Å². The zero-order valence-corrected chi connectivity index (χ0v) is 11.8. The Morgan fingerprint density at radius 2 is 2.28 bits per heavy atom. The van der Waals surface area contributed by atoms with Gasteiger partial charge in [0, 0.05) is 11.4 Å². The summed E-state index contributed by atoms with van der Waals surface area (Å²) in [6, 6.07) is 3.75. The van der Waals surface area contributed by atoms with Crippen LogP contribution in [0.4, 0.5) is 4.79 Å². The Balaban J connectivity index is 2.46. The van der Waals surface area contributed by atoms with Gasteiger partial charge in [-0.3, -0.25) is 0 Å². The van der Waals surface area contributed by atoms with Gasteiger partial charge in [-0.2, -0.15) is 0 Å². The lowest BCUT2D eigenvalue weighted by Crippen LogP contribution is -2.44. The molecule has 1 heterocycles. The van der Waals surface area contributed by atoms with Crippen molar-refractivity contribution in [3.05, 3.63) is 22.4 Å². The van der Waals surface area contributed by atoms with Crippen LogP contribution >= 0.6 is 11.3 Å². The molecule has 18 heavy (non-hydrogen) atoms. The summed E-state index contributed by atoms with van der Waals surface area (Å²) in [7, 11) is 3.97. The maximum absolute atomic E-state index is 11.6. The third-order valence-corrected chi connectivity index (χ3v) is 3.58. The lowest BCUT2D eigenvalue weighted by atomic mass is 10.2. The molecule has 0 fully saturated rings. The number of carbonyl (C=O) groups is 1. The number of nitrogens with one attached hydrogen (secondary N) is 2. The molecule has 2 unspecified atom stereocenters. The van der Waals surface area contributed by atoms with Gasteiger partial charge < -0.3 is 20.6 Å². The Hall–Kier alpha value is -1.11. The second-order valence-electron chi connectivity index (χ2n) is 4.43. The van der Waals surface area contributed by atoms with E-state index in [1.54, 1.807) is 18.3 Å². The van der Waals surface area contributed by atoms with Crippen LogP contribution in [0, 0.1) is 0 Å². The van der Waals surface area contributed by atoms with Crippen LogP contribution in [0.1, 0.15) is 17.8 Å². The minimum Gasteiger partial charge on any atom is -0.394 e. The molecule has 1 rings (SSSR count). The van der Waals surface area contributed by atoms with E-state index < -0.39 is 0 Å². The minimum atomic E-state index is -0.250. The highest BCUT2D eigenvalue weighted by atomic mass is 32.1. The fourth-order valence-corrected chi connectivity index (χ4v) is 2.45. The fourth-order valence-electron chi connectivity index (χ4n) is 1.53. The van der Waals surface area contributed by atoms with E-state index >= 15 is 0 Å². The van der Waals surface area contributed by atoms with E-state index in [9.17, 15) is 4.79 Å². The predicted octanol–water partition coefficient (Wildman–Crippen LogP) is 1.03. The zero-order chi connectivity index (χ0) is 13.5. The van der Waals surface area contributed by atoms with Crippen molar-refractivity contribution in [2.75, 3.05) is 27.2 Å². The molecule has 0 bridgehead atoms. The number of hydrogen-bond donors (Lipinski definition) is 3. The number of amides is 2. The average Bonchev–Trinajstić information content (AvgIpc) is 2.82. The van der Waals surface area contributed by atoms with Crippen LogP contribution < -0.4 is 10.6 Å². The third kappa shape index (κ3) is 4.64. The summed E-state index contributed by atoms with van der Waals surface area (Å²) in [6.45, 7) is 2.23. The molecule has 0 aliphatic carbocycles. The van der Waals surface area contributed by atoms with Crippen molar-refractivity contribution in [1.82, 2.24) is 15.5 Å². The molecule has 3 N–H and O–H groups in total. The molecule has 2 atom stereocenters. The number of hydrogen-bond acceptors (Lipinski definition) is 4. The van der Waals surface area contributed by atoms with E-state index in [0.29, 0.717) is 6.54 Å². The maximum Gasteiger partial charge on any atom is 0.315 e. The fraction of sp³-hybridized carbons (Fsp3) is 0.583. The van der Waals surface area contributed by atoms with E-state index in [1.807, 2.05) is 25.5 Å². The highest BCUT2D eigenvalue weighted by Gasteiger charge is 2.16. The summed E-state index contributed by atoms with van der Waals surface area (Å²) < 4.78 is 0. The van der Waals surface area contributed by atoms with Gasteiger partial charge in [0.1, 0.15) is 0 Å². The molecular formula is C12H21N3O2S. The van der Waals surface area contributed by atoms with Crippen LogP contribution in [0.15, 0.2) is 17.5 Å². The molecule has 0 radical (unpaired) electrons. The molecule has 0 saturated heterocycles. The van der Waals surface area contributed by atoms with Gasteiger partial charge in [0.25, 0.3) is 0 Å². The Kier molecular flexibility index (Phi) is 6.11. The molecular weight excluding hydrogens is 250 g/mol. The summed E-state index contributed by atoms with van der Waals surface area (Å²) in [5.74, 6) is 0. The summed E-state index contributed by atoms with van der Waals surface area (Å²) >= 11 is 1.68. The van der Waals surface area contributed by atoms with Gasteiger partial charge in [-0.15, -0.1) is 11.3 Å². The van der Waals surface area contributed by atoms with Gasteiger partial charge >= 0.3 is 6.03 Å². The molecule has 2 amide bonds. The van der Waals surface area contributed by atoms with E-state index in [4.69, 9.17) is 5.11 Å². The standard InChI is InChI=1S/C12H21N3O2S/c1-9(8-16)14-12(17)13-7-10(15(2)3)11-5-4-6-18-11/h4-6,9-10,16H,7-8H2,1-3H3,(H2,13,14,17). The Labute approximate surface area is 112 Å². The second-order valence-corrected chi connectivity index (χ2v) is 5.41. The zero-order valence-electron chi connectivity index (χ0n) is 11.0. The maximum atomic E-state index is 11.6. The lowest BCUT2D eigenvalue weighted by molar-refractivity contribution is 0.215. The Morgan fingerprint density at radius 3 is 2.78 bits per heavy atom. The topological polar surface area (TPSA) is 64.6 Å². The highest BCUT2D eigenvalue weighted by Crippen LogP contribution is 2.22. The van der Waals surface area contributed by atoms with E-state index in [1.165, 1.54) is 4.88 Å². The molecule has 0 aromatic carbocycles. The monoisotopic (exact) mass is 271 g/mol. The first-order chi connectivity index (χ1) is 8.54. The van der Waals surface area contributed by atoms with Crippen molar-refractivity contribution in [3.63, 3.8) is 0 Å². The van der Waals surface area contributed by atoms with Crippen molar-refractivity contribution < 1.29 is 9.90 Å². The number of carbonyl (C=O) groups excluding carboxylic acids is 1. The van der Waals surface area contributed by atoms with Gasteiger partial charge in [0.15, 0.2) is 0 Å². The molecule has 0 aliphatic heterocycles. The summed E-state index contributed by atoms with van der Waals surface area (Å²) in [5.41, 5.74) is 0. The van der Waals surface area contributed by atoms with E-state index in [2.05, 4.69) is 21.6 Å². The first kappa shape index (κ1) is 14.9. The molecule has 0 aliphatic rings. The SMILES string of the molecule is CC(CO)NC(=O)NCC(c1cccs1)N(C)C. The molecule has 6 heteroatoms. The summed E-state index contributed by atoms with van der Waals surface area (Å²) in [4.78, 5) is 14.8. The van der Waals surface area contributed by atoms with Crippen LogP contribution in [-0.2, 0) is 0 Å². The molecule has 0 spiro atoms. The van der Waals surface area contributed by atoms with Crippen molar-refractivity contribution in [1.29, 1.82) is 0 Å². The predicted molar refractivity (Wildman–Crippen MR) is 73.8 cm³/mol. The van der Waals surface area contributed by atoms with Crippen molar-refractivity contribution in [2.24, 2.45) is 0 Å². The molecule has 1 aromatic heterocycles. The normalized spacial score (nSPS) is 14.3. The van der Waals surface area contributed by atoms with E-state index in [-0.39, 0.29) is 24.7 Å². The van der Waals surface area contributed by atoms with Crippen molar-refractivity contribution in [3.8, 4) is 0 Å². The quantitative estimate of drug-likeness (QED) is 0.724. The first-order valence-corrected chi connectivity index (χ1v) is 6.77. The van der Waals surface area contributed by atoms with E-state index in [0.717, 1.165) is 0 Å². The van der Waals surface area contributed by atoms with Gasteiger partial charge in [0.2, 0.25) is 0 Å². The van der Waals surface area contributed by atoms with Crippen LogP contribution in [0.25, 0.3) is 0 Å². The average molecular weight is 271 g/mol. The van der Waals surface area contributed by atoms with Gasteiger partial charge in [-0.05, 0) is 32.5 Å². The molecule has 1 aromatic rings. The number of likely N-dealkylation sites (N-methyl/N-ethyl adjacent to an activating group) is 1. The summed E-state index contributed by atoms with van der Waals surface area (Å²) in [6.07, 6.45) is 0. The number of rotatable bonds is 6. The van der Waals surface area contributed by atoms with Gasteiger partial charge in [-0.1, -0.05) is 6.07 Å². The van der Waals surface area contributed by atoms with Crippen LogP contribution in [0.3, 0.4) is 0 Å². The van der Waals surface area contributed by atoms with Gasteiger partial charge in [-0.25, -0.2) is 4.79 Å². The Morgan fingerprint density at radius 1 is 1.56 bits per heavy atom. The summed E-state index contributed by atoms with van der Waals surface area (Å²) in [5, 5.41) is 16.4. The smallest absolute Gasteiger partial charge is 0.315 e. The molecule has 5 nitrogen and oxygen atoms in total. The number of aliphatic hydroxyl groups excluding tert-OH is 1. The van der Waals surface area contributed by atoms with Crippen LogP contribution in [-0.4, -0.2) is 49.3 Å². The number of aliphatic hydroxyl groups is 1. The molecule has 102 valence electrons. The number of thiophene rings is 1. The highest BCUT2D eigenvalue weighted by molar-refractivity contribution is 7.10. The number of urea groups is 1. The third-order valence-electron chi connectivity index (χ3n) is 2.60. The Bertz CT molecular complexity index is 354. The van der Waals surface area contributed by atoms with Crippen LogP contribution in [0.2, 0.25) is 0 Å². The minimum absolute atomic E-state index is 0.0601.